The Morgan fingerprint density at radius 3 is 2.55 bits per heavy atom. The largest absolute Gasteiger partial charge is 0.356 e. The lowest BCUT2D eigenvalue weighted by Gasteiger charge is -2.21. The summed E-state index contributed by atoms with van der Waals surface area (Å²) in [4.78, 5) is 11.8. The molecular formula is C17H22N2O. The maximum Gasteiger partial charge on any atom is 0.224 e. The van der Waals surface area contributed by atoms with Crippen molar-refractivity contribution in [2.24, 2.45) is 5.92 Å². The van der Waals surface area contributed by atoms with E-state index < -0.39 is 0 Å². The van der Waals surface area contributed by atoms with Crippen LogP contribution in [-0.2, 0) is 11.2 Å². The predicted octanol–water partition coefficient (Wildman–Crippen LogP) is 3.19. The first-order valence-electron chi connectivity index (χ1n) is 7.53. The van der Waals surface area contributed by atoms with Gasteiger partial charge >= 0.3 is 0 Å². The highest BCUT2D eigenvalue weighted by Gasteiger charge is 2.13. The summed E-state index contributed by atoms with van der Waals surface area (Å²) in [5.41, 5.74) is 1.59. The van der Waals surface area contributed by atoms with Crippen LogP contribution in [0, 0.1) is 17.2 Å². The van der Waals surface area contributed by atoms with Crippen molar-refractivity contribution in [3.05, 3.63) is 35.4 Å². The van der Waals surface area contributed by atoms with E-state index in [0.717, 1.165) is 24.4 Å². The number of carbonyl (C=O) groups is 1. The molecule has 3 nitrogen and oxygen atoms in total. The number of hydrogen-bond donors (Lipinski definition) is 1. The summed E-state index contributed by atoms with van der Waals surface area (Å²) in [6, 6.07) is 9.28. The highest BCUT2D eigenvalue weighted by Crippen LogP contribution is 2.25. The van der Waals surface area contributed by atoms with Crippen LogP contribution in [0.25, 0.3) is 0 Å². The summed E-state index contributed by atoms with van der Waals surface area (Å²) in [6.07, 6.45) is 8.24. The van der Waals surface area contributed by atoms with Gasteiger partial charge in [0.15, 0.2) is 0 Å². The molecule has 106 valence electrons. The zero-order valence-electron chi connectivity index (χ0n) is 11.9. The molecular weight excluding hydrogens is 248 g/mol. The number of carbonyl (C=O) groups excluding carboxylic acids is 1. The molecule has 1 aliphatic rings. The third-order valence-electron chi connectivity index (χ3n) is 4.05. The van der Waals surface area contributed by atoms with E-state index in [-0.39, 0.29) is 5.91 Å². The Labute approximate surface area is 121 Å². The molecule has 0 bridgehead atoms. The lowest BCUT2D eigenvalue weighted by Crippen LogP contribution is -2.27. The lowest BCUT2D eigenvalue weighted by atomic mass is 9.87. The highest BCUT2D eigenvalue weighted by atomic mass is 16.1. The van der Waals surface area contributed by atoms with Gasteiger partial charge in [0, 0.05) is 6.54 Å². The van der Waals surface area contributed by atoms with Crippen LogP contribution < -0.4 is 5.32 Å². The van der Waals surface area contributed by atoms with Gasteiger partial charge in [-0.15, -0.1) is 0 Å². The summed E-state index contributed by atoms with van der Waals surface area (Å²) in [5.74, 6) is 0.879. The molecule has 1 saturated carbocycles. The molecule has 0 unspecified atom stereocenters. The Bertz CT molecular complexity index is 467. The first-order valence-corrected chi connectivity index (χ1v) is 7.53. The second-order valence-electron chi connectivity index (χ2n) is 5.63. The summed E-state index contributed by atoms with van der Waals surface area (Å²) in [6.45, 7) is 0.791. The van der Waals surface area contributed by atoms with Crippen LogP contribution in [0.4, 0.5) is 0 Å². The van der Waals surface area contributed by atoms with Crippen LogP contribution in [0.5, 0.6) is 0 Å². The molecule has 0 spiro atoms. The van der Waals surface area contributed by atoms with Crippen molar-refractivity contribution in [3.63, 3.8) is 0 Å². The quantitative estimate of drug-likeness (QED) is 0.893. The normalized spacial score (nSPS) is 15.6. The minimum absolute atomic E-state index is 0.0746. The Morgan fingerprint density at radius 1 is 1.20 bits per heavy atom. The van der Waals surface area contributed by atoms with Gasteiger partial charge in [-0.1, -0.05) is 44.2 Å². The van der Waals surface area contributed by atoms with E-state index in [1.165, 1.54) is 32.1 Å². The van der Waals surface area contributed by atoms with Gasteiger partial charge in [0.05, 0.1) is 18.1 Å². The fraction of sp³-hybridized carbons (Fsp3) is 0.529. The van der Waals surface area contributed by atoms with Crippen molar-refractivity contribution in [3.8, 4) is 6.07 Å². The molecule has 2 rings (SSSR count). The van der Waals surface area contributed by atoms with Crippen molar-refractivity contribution >= 4 is 5.91 Å². The topological polar surface area (TPSA) is 52.9 Å². The maximum atomic E-state index is 11.8. The highest BCUT2D eigenvalue weighted by molar-refractivity contribution is 5.78. The molecule has 20 heavy (non-hydrogen) atoms. The number of rotatable bonds is 5. The lowest BCUT2D eigenvalue weighted by molar-refractivity contribution is -0.120. The Hall–Kier alpha value is -1.82. The van der Waals surface area contributed by atoms with Crippen LogP contribution in [0.2, 0.25) is 0 Å². The maximum absolute atomic E-state index is 11.8. The Balaban J connectivity index is 1.68. The fourth-order valence-corrected chi connectivity index (χ4v) is 2.84. The van der Waals surface area contributed by atoms with E-state index in [9.17, 15) is 4.79 Å². The first-order chi connectivity index (χ1) is 9.78. The van der Waals surface area contributed by atoms with E-state index in [1.54, 1.807) is 12.1 Å². The second-order valence-corrected chi connectivity index (χ2v) is 5.63. The van der Waals surface area contributed by atoms with E-state index in [1.807, 2.05) is 12.1 Å². The first kappa shape index (κ1) is 14.6. The van der Waals surface area contributed by atoms with Crippen LogP contribution in [-0.4, -0.2) is 12.5 Å². The summed E-state index contributed by atoms with van der Waals surface area (Å²) >= 11 is 0. The molecule has 0 radical (unpaired) electrons. The van der Waals surface area contributed by atoms with Crippen LogP contribution in [0.3, 0.4) is 0 Å². The molecule has 1 fully saturated rings. The second kappa shape index (κ2) is 7.69. The van der Waals surface area contributed by atoms with Gasteiger partial charge in [0.25, 0.3) is 0 Å². The number of benzene rings is 1. The van der Waals surface area contributed by atoms with Gasteiger partial charge in [-0.05, 0) is 30.0 Å². The number of hydrogen-bond acceptors (Lipinski definition) is 2. The molecule has 0 saturated heterocycles. The van der Waals surface area contributed by atoms with Gasteiger partial charge in [0.2, 0.25) is 5.91 Å². The van der Waals surface area contributed by atoms with Crippen LogP contribution >= 0.6 is 0 Å². The van der Waals surface area contributed by atoms with Crippen molar-refractivity contribution in [1.82, 2.24) is 5.32 Å². The van der Waals surface area contributed by atoms with Crippen molar-refractivity contribution in [2.45, 2.75) is 44.9 Å². The minimum atomic E-state index is 0.0746. The van der Waals surface area contributed by atoms with Crippen molar-refractivity contribution < 1.29 is 4.79 Å². The molecule has 0 heterocycles. The third kappa shape index (κ3) is 4.70. The molecule has 1 aromatic carbocycles. The van der Waals surface area contributed by atoms with Gasteiger partial charge in [0.1, 0.15) is 0 Å². The van der Waals surface area contributed by atoms with E-state index in [4.69, 9.17) is 5.26 Å². The van der Waals surface area contributed by atoms with E-state index in [2.05, 4.69) is 11.4 Å². The number of amides is 1. The summed E-state index contributed by atoms with van der Waals surface area (Å²) in [7, 11) is 0. The Kier molecular flexibility index (Phi) is 5.61. The minimum Gasteiger partial charge on any atom is -0.356 e. The summed E-state index contributed by atoms with van der Waals surface area (Å²) in [5, 5.41) is 11.7. The zero-order valence-corrected chi connectivity index (χ0v) is 11.9. The standard InChI is InChI=1S/C17H22N2O/c18-13-16-8-6-15(7-9-16)12-17(20)19-11-10-14-4-2-1-3-5-14/h6-9,14H,1-5,10-12H2,(H,19,20). The molecule has 3 heteroatoms. The average Bonchev–Trinajstić information content (AvgIpc) is 2.49. The molecule has 1 aromatic rings. The number of nitriles is 1. The molecule has 0 aromatic heterocycles. The predicted molar refractivity (Wildman–Crippen MR) is 79.1 cm³/mol. The molecule has 1 amide bonds. The van der Waals surface area contributed by atoms with Gasteiger partial charge in [-0.2, -0.15) is 5.26 Å². The van der Waals surface area contributed by atoms with Crippen molar-refractivity contribution in [1.29, 1.82) is 5.26 Å². The summed E-state index contributed by atoms with van der Waals surface area (Å²) < 4.78 is 0. The zero-order chi connectivity index (χ0) is 14.2. The van der Waals surface area contributed by atoms with Crippen LogP contribution in [0.1, 0.15) is 49.7 Å². The Morgan fingerprint density at radius 2 is 1.90 bits per heavy atom. The number of nitrogens with one attached hydrogen (secondary N) is 1. The average molecular weight is 270 g/mol. The molecule has 1 aliphatic carbocycles. The van der Waals surface area contributed by atoms with Crippen molar-refractivity contribution in [2.75, 3.05) is 6.54 Å². The molecule has 1 N–H and O–H groups in total. The molecule has 0 atom stereocenters. The van der Waals surface area contributed by atoms with Gasteiger partial charge < -0.3 is 5.32 Å². The smallest absolute Gasteiger partial charge is 0.224 e. The third-order valence-corrected chi connectivity index (χ3v) is 4.05. The van der Waals surface area contributed by atoms with Gasteiger partial charge in [-0.25, -0.2) is 0 Å². The van der Waals surface area contributed by atoms with E-state index in [0.29, 0.717) is 12.0 Å². The van der Waals surface area contributed by atoms with E-state index >= 15 is 0 Å². The molecule has 0 aliphatic heterocycles. The SMILES string of the molecule is N#Cc1ccc(CC(=O)NCCC2CCCCC2)cc1. The van der Waals surface area contributed by atoms with Crippen LogP contribution in [0.15, 0.2) is 24.3 Å². The fourth-order valence-electron chi connectivity index (χ4n) is 2.84. The monoisotopic (exact) mass is 270 g/mol. The number of nitrogens with zero attached hydrogens (tertiary/aromatic N) is 1. The van der Waals surface area contributed by atoms with Gasteiger partial charge in [-0.3, -0.25) is 4.79 Å².